The van der Waals surface area contributed by atoms with Crippen molar-refractivity contribution in [3.05, 3.63) is 59.9 Å². The Balaban J connectivity index is 1.17. The highest BCUT2D eigenvalue weighted by Gasteiger charge is 2.14. The molecule has 2 heterocycles. The predicted molar refractivity (Wildman–Crippen MR) is 102 cm³/mol. The third kappa shape index (κ3) is 4.43. The van der Waals surface area contributed by atoms with Gasteiger partial charge in [-0.3, -0.25) is 9.59 Å². The number of esters is 2. The summed E-state index contributed by atoms with van der Waals surface area (Å²) in [7, 11) is 0. The number of ether oxygens (including phenoxy) is 2. The highest BCUT2D eigenvalue weighted by Crippen LogP contribution is 2.19. The van der Waals surface area contributed by atoms with E-state index in [1.165, 1.54) is 0 Å². The minimum Gasteiger partial charge on any atom is -0.465 e. The first-order chi connectivity index (χ1) is 14.2. The van der Waals surface area contributed by atoms with Gasteiger partial charge in [0, 0.05) is 17.2 Å². The molecular formula is C21H18N2O6. The molecule has 0 aliphatic heterocycles. The maximum Gasteiger partial charge on any atom is 0.312 e. The van der Waals surface area contributed by atoms with Crippen LogP contribution in [0.5, 0.6) is 0 Å². The van der Waals surface area contributed by atoms with Crippen molar-refractivity contribution < 1.29 is 28.1 Å². The van der Waals surface area contributed by atoms with Gasteiger partial charge in [0.1, 0.15) is 11.4 Å². The Morgan fingerprint density at radius 3 is 1.66 bits per heavy atom. The van der Waals surface area contributed by atoms with Crippen LogP contribution in [0.1, 0.15) is 17.8 Å². The van der Waals surface area contributed by atoms with Gasteiger partial charge in [-0.25, -0.2) is 0 Å². The Bertz CT molecular complexity index is 1060. The topological polar surface area (TPSA) is 105 Å². The Hall–Kier alpha value is -3.68. The molecule has 0 atom stereocenters. The summed E-state index contributed by atoms with van der Waals surface area (Å²) in [6, 6.07) is 14.6. The number of carbonyl (C=O) groups is 2. The monoisotopic (exact) mass is 394 g/mol. The lowest BCUT2D eigenvalue weighted by molar-refractivity contribution is -0.145. The number of carbonyl (C=O) groups excluding carboxylic acids is 2. The molecular weight excluding hydrogens is 376 g/mol. The smallest absolute Gasteiger partial charge is 0.312 e. The molecule has 2 aromatic carbocycles. The maximum absolute atomic E-state index is 12.0. The van der Waals surface area contributed by atoms with Crippen molar-refractivity contribution >= 4 is 33.9 Å². The van der Waals surface area contributed by atoms with E-state index in [0.29, 0.717) is 29.0 Å². The quantitative estimate of drug-likeness (QED) is 0.331. The Morgan fingerprint density at radius 2 is 1.17 bits per heavy atom. The summed E-state index contributed by atoms with van der Waals surface area (Å²) < 4.78 is 20.7. The largest absolute Gasteiger partial charge is 0.465 e. The van der Waals surface area contributed by atoms with Crippen molar-refractivity contribution in [3.63, 3.8) is 0 Å². The third-order valence-corrected chi connectivity index (χ3v) is 4.34. The van der Waals surface area contributed by atoms with E-state index >= 15 is 0 Å². The first-order valence-corrected chi connectivity index (χ1v) is 9.18. The molecule has 0 aliphatic carbocycles. The van der Waals surface area contributed by atoms with E-state index in [0.717, 1.165) is 10.8 Å². The molecule has 0 fully saturated rings. The fourth-order valence-electron chi connectivity index (χ4n) is 2.94. The molecule has 0 amide bonds. The molecule has 8 nitrogen and oxygen atoms in total. The van der Waals surface area contributed by atoms with E-state index in [1.807, 2.05) is 36.4 Å². The lowest BCUT2D eigenvalue weighted by Gasteiger charge is -2.05. The first-order valence-electron chi connectivity index (χ1n) is 9.18. The summed E-state index contributed by atoms with van der Waals surface area (Å²) >= 11 is 0. The molecule has 0 bridgehead atoms. The second-order valence-corrected chi connectivity index (χ2v) is 6.40. The molecule has 0 radical (unpaired) electrons. The molecule has 8 heteroatoms. The average Bonchev–Trinajstić information content (AvgIpc) is 3.32. The van der Waals surface area contributed by atoms with E-state index in [2.05, 4.69) is 10.3 Å². The molecule has 0 saturated carbocycles. The number of rotatable bonds is 8. The zero-order chi connectivity index (χ0) is 20.1. The first kappa shape index (κ1) is 18.7. The molecule has 0 unspecified atom stereocenters. The number of aromatic nitrogens is 2. The standard InChI is InChI=1S/C21H18N2O6/c24-20(12-16-14-6-1-3-8-18(14)28-22-16)26-10-5-11-27-21(25)13-17-15-7-2-4-9-19(15)29-23-17/h1-4,6-9H,5,10-13H2. The van der Waals surface area contributed by atoms with E-state index in [-0.39, 0.29) is 26.1 Å². The summed E-state index contributed by atoms with van der Waals surface area (Å²) in [5.41, 5.74) is 2.33. The third-order valence-electron chi connectivity index (χ3n) is 4.34. The zero-order valence-electron chi connectivity index (χ0n) is 15.5. The molecule has 0 aliphatic rings. The fourth-order valence-corrected chi connectivity index (χ4v) is 2.94. The highest BCUT2D eigenvalue weighted by atomic mass is 16.5. The zero-order valence-corrected chi connectivity index (χ0v) is 15.5. The van der Waals surface area contributed by atoms with Crippen LogP contribution in [0.4, 0.5) is 0 Å². The van der Waals surface area contributed by atoms with Crippen LogP contribution < -0.4 is 0 Å². The summed E-state index contributed by atoms with van der Waals surface area (Å²) in [4.78, 5) is 23.9. The maximum atomic E-state index is 12.0. The van der Waals surface area contributed by atoms with Gasteiger partial charge in [-0.15, -0.1) is 0 Å². The van der Waals surface area contributed by atoms with Crippen LogP contribution >= 0.6 is 0 Å². The van der Waals surface area contributed by atoms with Crippen molar-refractivity contribution in [2.24, 2.45) is 0 Å². The van der Waals surface area contributed by atoms with Gasteiger partial charge in [0.05, 0.1) is 26.1 Å². The molecule has 4 aromatic rings. The van der Waals surface area contributed by atoms with Gasteiger partial charge in [0.15, 0.2) is 11.2 Å². The van der Waals surface area contributed by atoms with Gasteiger partial charge < -0.3 is 18.5 Å². The lowest BCUT2D eigenvalue weighted by atomic mass is 10.2. The number of nitrogens with zero attached hydrogens (tertiary/aromatic N) is 2. The Kier molecular flexibility index (Phi) is 5.51. The van der Waals surface area contributed by atoms with Crippen molar-refractivity contribution in [1.82, 2.24) is 10.3 Å². The normalized spacial score (nSPS) is 11.0. The number of fused-ring (bicyclic) bond motifs is 2. The van der Waals surface area contributed by atoms with Crippen LogP contribution in [0, 0.1) is 0 Å². The van der Waals surface area contributed by atoms with Gasteiger partial charge in [-0.1, -0.05) is 34.6 Å². The van der Waals surface area contributed by atoms with Crippen LogP contribution in [-0.2, 0) is 31.9 Å². The summed E-state index contributed by atoms with van der Waals surface area (Å²) in [6.07, 6.45) is 0.447. The van der Waals surface area contributed by atoms with Crippen LogP contribution in [0.3, 0.4) is 0 Å². The van der Waals surface area contributed by atoms with Crippen LogP contribution in [0.25, 0.3) is 21.9 Å². The molecule has 0 saturated heterocycles. The van der Waals surface area contributed by atoms with E-state index in [4.69, 9.17) is 18.5 Å². The van der Waals surface area contributed by atoms with Crippen molar-refractivity contribution in [3.8, 4) is 0 Å². The second-order valence-electron chi connectivity index (χ2n) is 6.40. The van der Waals surface area contributed by atoms with E-state index < -0.39 is 11.9 Å². The van der Waals surface area contributed by atoms with Crippen molar-refractivity contribution in [2.45, 2.75) is 19.3 Å². The van der Waals surface area contributed by atoms with Gasteiger partial charge in [-0.2, -0.15) is 0 Å². The van der Waals surface area contributed by atoms with Gasteiger partial charge in [0.2, 0.25) is 0 Å². The minimum atomic E-state index is -0.413. The number of benzene rings is 2. The van der Waals surface area contributed by atoms with Crippen molar-refractivity contribution in [2.75, 3.05) is 13.2 Å². The molecule has 148 valence electrons. The average molecular weight is 394 g/mol. The molecule has 0 spiro atoms. The van der Waals surface area contributed by atoms with Gasteiger partial charge >= 0.3 is 11.9 Å². The molecule has 4 rings (SSSR count). The Labute approximate surface area is 165 Å². The summed E-state index contributed by atoms with van der Waals surface area (Å²) in [6.45, 7) is 0.295. The Morgan fingerprint density at radius 1 is 0.724 bits per heavy atom. The van der Waals surface area contributed by atoms with Gasteiger partial charge in [-0.05, 0) is 24.3 Å². The van der Waals surface area contributed by atoms with E-state index in [9.17, 15) is 9.59 Å². The van der Waals surface area contributed by atoms with E-state index in [1.54, 1.807) is 12.1 Å². The van der Waals surface area contributed by atoms with Crippen LogP contribution in [0.2, 0.25) is 0 Å². The van der Waals surface area contributed by atoms with Crippen LogP contribution in [0.15, 0.2) is 57.6 Å². The predicted octanol–water partition coefficient (Wildman–Crippen LogP) is 3.23. The molecule has 29 heavy (non-hydrogen) atoms. The number of hydrogen-bond acceptors (Lipinski definition) is 8. The highest BCUT2D eigenvalue weighted by molar-refractivity contribution is 5.84. The number of hydrogen-bond donors (Lipinski definition) is 0. The second kappa shape index (κ2) is 8.55. The van der Waals surface area contributed by atoms with Gasteiger partial charge in [0.25, 0.3) is 0 Å². The SMILES string of the molecule is O=C(Cc1noc2ccccc12)OCCCOC(=O)Cc1noc2ccccc12. The van der Waals surface area contributed by atoms with Crippen LogP contribution in [-0.4, -0.2) is 35.5 Å². The fraction of sp³-hybridized carbons (Fsp3) is 0.238. The summed E-state index contributed by atoms with van der Waals surface area (Å²) in [5, 5.41) is 9.38. The minimum absolute atomic E-state index is 0.0238. The summed E-state index contributed by atoms with van der Waals surface area (Å²) in [5.74, 6) is -0.825. The lowest BCUT2D eigenvalue weighted by Crippen LogP contribution is -2.13. The molecule has 2 aromatic heterocycles. The number of para-hydroxylation sites is 2. The molecule has 0 N–H and O–H groups in total. The van der Waals surface area contributed by atoms with Crippen molar-refractivity contribution in [1.29, 1.82) is 0 Å².